The number of nitrogens with one attached hydrogen (secondary N) is 1. The lowest BCUT2D eigenvalue weighted by atomic mass is 10.00. The molecule has 0 bridgehead atoms. The number of hydrogen-bond acceptors (Lipinski definition) is 3. The summed E-state index contributed by atoms with van der Waals surface area (Å²) >= 11 is 5.88. The highest BCUT2D eigenvalue weighted by Gasteiger charge is 2.26. The molecule has 1 amide bonds. The fourth-order valence-electron chi connectivity index (χ4n) is 1.63. The van der Waals surface area contributed by atoms with Gasteiger partial charge in [-0.3, -0.25) is 4.79 Å². The molecule has 1 aromatic rings. The molecule has 0 saturated heterocycles. The van der Waals surface area contributed by atoms with E-state index in [9.17, 15) is 9.90 Å². The Hall–Kier alpha value is -1.26. The van der Waals surface area contributed by atoms with E-state index >= 15 is 0 Å². The molecule has 0 aliphatic rings. The maximum Gasteiger partial charge on any atom is 0.261 e. The molecule has 5 heteroatoms. The van der Waals surface area contributed by atoms with Crippen LogP contribution in [0.4, 0.5) is 0 Å². The average Bonchev–Trinajstić information content (AvgIpc) is 2.41. The van der Waals surface area contributed by atoms with Crippen molar-refractivity contribution in [2.45, 2.75) is 45.8 Å². The number of aliphatic hydroxyl groups excluding tert-OH is 1. The number of carbonyl (C=O) groups is 1. The maximum atomic E-state index is 12.1. The number of carbonyl (C=O) groups excluding carboxylic acids is 1. The van der Waals surface area contributed by atoms with E-state index in [2.05, 4.69) is 5.32 Å². The number of ether oxygens (including phenoxy) is 1. The van der Waals surface area contributed by atoms with Crippen LogP contribution in [0.15, 0.2) is 18.2 Å². The predicted octanol–water partition coefficient (Wildman–Crippen LogP) is 2.69. The van der Waals surface area contributed by atoms with Gasteiger partial charge in [-0.05, 0) is 51.0 Å². The molecule has 0 heterocycles. The lowest BCUT2D eigenvalue weighted by molar-refractivity contribution is -0.129. The number of aliphatic hydroxyl groups is 1. The summed E-state index contributed by atoms with van der Waals surface area (Å²) in [6.45, 7) is 7.14. The third-order valence-corrected chi connectivity index (χ3v) is 3.60. The first-order chi connectivity index (χ1) is 9.31. The van der Waals surface area contributed by atoms with Gasteiger partial charge in [-0.1, -0.05) is 18.5 Å². The number of amides is 1. The van der Waals surface area contributed by atoms with E-state index < -0.39 is 11.6 Å². The molecule has 0 spiro atoms. The van der Waals surface area contributed by atoms with Crippen molar-refractivity contribution >= 4 is 17.5 Å². The quantitative estimate of drug-likeness (QED) is 0.849. The Morgan fingerprint density at radius 3 is 2.70 bits per heavy atom. The Labute approximate surface area is 125 Å². The van der Waals surface area contributed by atoms with E-state index in [4.69, 9.17) is 16.3 Å². The van der Waals surface area contributed by atoms with Gasteiger partial charge in [-0.2, -0.15) is 0 Å². The van der Waals surface area contributed by atoms with Gasteiger partial charge in [0, 0.05) is 5.02 Å². The predicted molar refractivity (Wildman–Crippen MR) is 80.2 cm³/mol. The van der Waals surface area contributed by atoms with Crippen molar-refractivity contribution in [3.8, 4) is 5.75 Å². The molecular weight excluding hydrogens is 278 g/mol. The SMILES string of the molecule is CCC(C)(CO)NC(=O)C(C)Oc1ccc(Cl)cc1C. The minimum Gasteiger partial charge on any atom is -0.481 e. The molecule has 1 aromatic carbocycles. The monoisotopic (exact) mass is 299 g/mol. The largest absolute Gasteiger partial charge is 0.481 e. The second-order valence-corrected chi connectivity index (χ2v) is 5.67. The van der Waals surface area contributed by atoms with Gasteiger partial charge in [0.25, 0.3) is 5.91 Å². The molecule has 0 radical (unpaired) electrons. The Morgan fingerprint density at radius 2 is 2.20 bits per heavy atom. The molecule has 0 fully saturated rings. The fraction of sp³-hybridized carbons (Fsp3) is 0.533. The third-order valence-electron chi connectivity index (χ3n) is 3.36. The van der Waals surface area contributed by atoms with Crippen LogP contribution in [0, 0.1) is 6.92 Å². The molecule has 0 aromatic heterocycles. The topological polar surface area (TPSA) is 58.6 Å². The number of aryl methyl sites for hydroxylation is 1. The lowest BCUT2D eigenvalue weighted by Crippen LogP contribution is -2.52. The van der Waals surface area contributed by atoms with E-state index in [1.807, 2.05) is 13.8 Å². The normalized spacial score (nSPS) is 15.3. The van der Waals surface area contributed by atoms with Gasteiger partial charge >= 0.3 is 0 Å². The van der Waals surface area contributed by atoms with Gasteiger partial charge in [0.1, 0.15) is 5.75 Å². The third kappa shape index (κ3) is 4.39. The highest BCUT2D eigenvalue weighted by Crippen LogP contribution is 2.23. The number of hydrogen-bond donors (Lipinski definition) is 2. The van der Waals surface area contributed by atoms with Crippen molar-refractivity contribution in [1.82, 2.24) is 5.32 Å². The summed E-state index contributed by atoms with van der Waals surface area (Å²) in [6, 6.07) is 5.25. The van der Waals surface area contributed by atoms with E-state index in [0.717, 1.165) is 5.56 Å². The smallest absolute Gasteiger partial charge is 0.261 e. The zero-order valence-electron chi connectivity index (χ0n) is 12.4. The van der Waals surface area contributed by atoms with Crippen LogP contribution < -0.4 is 10.1 Å². The van der Waals surface area contributed by atoms with Gasteiger partial charge in [-0.25, -0.2) is 0 Å². The van der Waals surface area contributed by atoms with E-state index in [-0.39, 0.29) is 12.5 Å². The first-order valence-electron chi connectivity index (χ1n) is 6.67. The van der Waals surface area contributed by atoms with Crippen LogP contribution in [-0.2, 0) is 4.79 Å². The summed E-state index contributed by atoms with van der Waals surface area (Å²) in [5, 5.41) is 12.7. The Kier molecular flexibility index (Phi) is 5.84. The van der Waals surface area contributed by atoms with Gasteiger partial charge in [-0.15, -0.1) is 0 Å². The number of halogens is 1. The van der Waals surface area contributed by atoms with Gasteiger partial charge in [0.05, 0.1) is 12.1 Å². The highest BCUT2D eigenvalue weighted by molar-refractivity contribution is 6.30. The van der Waals surface area contributed by atoms with E-state index in [1.165, 1.54) is 0 Å². The van der Waals surface area contributed by atoms with Gasteiger partial charge in [0.15, 0.2) is 6.10 Å². The molecule has 20 heavy (non-hydrogen) atoms. The van der Waals surface area contributed by atoms with Crippen molar-refractivity contribution < 1.29 is 14.6 Å². The Bertz CT molecular complexity index is 472. The summed E-state index contributed by atoms with van der Waals surface area (Å²) in [5.74, 6) is 0.372. The molecule has 2 atom stereocenters. The molecule has 0 aliphatic heterocycles. The van der Waals surface area contributed by atoms with Crippen LogP contribution in [0.3, 0.4) is 0 Å². The van der Waals surface area contributed by atoms with Crippen LogP contribution in [0.2, 0.25) is 5.02 Å². The minimum absolute atomic E-state index is 0.109. The van der Waals surface area contributed by atoms with Crippen LogP contribution in [0.5, 0.6) is 5.75 Å². The average molecular weight is 300 g/mol. The van der Waals surface area contributed by atoms with Gasteiger partial charge in [0.2, 0.25) is 0 Å². The highest BCUT2D eigenvalue weighted by atomic mass is 35.5. The fourth-order valence-corrected chi connectivity index (χ4v) is 1.85. The van der Waals surface area contributed by atoms with Crippen LogP contribution in [-0.4, -0.2) is 29.3 Å². The summed E-state index contributed by atoms with van der Waals surface area (Å²) in [6.07, 6.45) is -0.00521. The molecule has 0 saturated carbocycles. The second-order valence-electron chi connectivity index (χ2n) is 5.23. The molecule has 2 N–H and O–H groups in total. The first kappa shape index (κ1) is 16.8. The van der Waals surface area contributed by atoms with E-state index in [1.54, 1.807) is 32.0 Å². The summed E-state index contributed by atoms with van der Waals surface area (Å²) < 4.78 is 5.64. The lowest BCUT2D eigenvalue weighted by Gasteiger charge is -2.29. The first-order valence-corrected chi connectivity index (χ1v) is 7.05. The number of rotatable bonds is 6. The minimum atomic E-state index is -0.646. The zero-order valence-corrected chi connectivity index (χ0v) is 13.1. The molecule has 2 unspecified atom stereocenters. The van der Waals surface area contributed by atoms with Crippen molar-refractivity contribution in [2.24, 2.45) is 0 Å². The number of benzene rings is 1. The van der Waals surface area contributed by atoms with Crippen molar-refractivity contribution in [3.05, 3.63) is 28.8 Å². The molecular formula is C15H22ClNO3. The maximum absolute atomic E-state index is 12.1. The standard InChI is InChI=1S/C15H22ClNO3/c1-5-15(4,9-18)17-14(19)11(3)20-13-7-6-12(16)8-10(13)2/h6-8,11,18H,5,9H2,1-4H3,(H,17,19). The molecule has 0 aliphatic carbocycles. The van der Waals surface area contributed by atoms with Crippen LogP contribution in [0.25, 0.3) is 0 Å². The summed E-state index contributed by atoms with van der Waals surface area (Å²) in [7, 11) is 0. The summed E-state index contributed by atoms with van der Waals surface area (Å²) in [4.78, 5) is 12.1. The van der Waals surface area contributed by atoms with Crippen molar-refractivity contribution in [3.63, 3.8) is 0 Å². The summed E-state index contributed by atoms with van der Waals surface area (Å²) in [5.41, 5.74) is 0.251. The van der Waals surface area contributed by atoms with E-state index in [0.29, 0.717) is 17.2 Å². The Morgan fingerprint density at radius 1 is 1.55 bits per heavy atom. The van der Waals surface area contributed by atoms with Crippen LogP contribution in [0.1, 0.15) is 32.8 Å². The second kappa shape index (κ2) is 6.95. The molecule has 1 rings (SSSR count). The van der Waals surface area contributed by atoms with Crippen LogP contribution >= 0.6 is 11.6 Å². The zero-order chi connectivity index (χ0) is 15.3. The Balaban J connectivity index is 2.71. The molecule has 112 valence electrons. The van der Waals surface area contributed by atoms with Gasteiger partial charge < -0.3 is 15.2 Å². The molecule has 4 nitrogen and oxygen atoms in total. The van der Waals surface area contributed by atoms with Crippen molar-refractivity contribution in [1.29, 1.82) is 0 Å². The van der Waals surface area contributed by atoms with Crippen molar-refractivity contribution in [2.75, 3.05) is 6.61 Å².